The van der Waals surface area contributed by atoms with E-state index >= 15 is 0 Å². The van der Waals surface area contributed by atoms with Crippen molar-refractivity contribution < 1.29 is 18.3 Å². The number of aliphatic hydroxyl groups is 1. The molecule has 4 rings (SSSR count). The van der Waals surface area contributed by atoms with Gasteiger partial charge in [0.2, 0.25) is 0 Å². The minimum absolute atomic E-state index is 0.211. The molecule has 2 saturated carbocycles. The summed E-state index contributed by atoms with van der Waals surface area (Å²) in [6.45, 7) is 11.8. The smallest absolute Gasteiger partial charge is 0.377 e. The largest absolute Gasteiger partial charge is 0.420 e. The average Bonchev–Trinajstić information content (AvgIpc) is 3.04. The van der Waals surface area contributed by atoms with Gasteiger partial charge < -0.3 is 5.11 Å². The van der Waals surface area contributed by atoms with Crippen molar-refractivity contribution >= 4 is 0 Å². The molecular weight excluding hydrogens is 409 g/mol. The molecule has 0 spiro atoms. The molecule has 0 aromatic carbocycles. The lowest BCUT2D eigenvalue weighted by Crippen LogP contribution is -2.51. The SMILES string of the molecule is CC(C)CCC[C@@H](C)[C@H]1CC[C@H]2C3=CCC4=C[C@](O)(C(F)(F)F)CC[C@]4(C)[C@H]3CC[C@]12C. The van der Waals surface area contributed by atoms with Gasteiger partial charge in [-0.1, -0.05) is 71.1 Å². The van der Waals surface area contributed by atoms with Crippen LogP contribution in [0, 0.1) is 40.4 Å². The zero-order valence-corrected chi connectivity index (χ0v) is 20.7. The quantitative estimate of drug-likeness (QED) is 0.416. The maximum Gasteiger partial charge on any atom is 0.420 e. The molecule has 0 aromatic heterocycles. The molecule has 4 heteroatoms. The Kier molecular flexibility index (Phi) is 6.22. The van der Waals surface area contributed by atoms with E-state index < -0.39 is 11.8 Å². The van der Waals surface area contributed by atoms with Gasteiger partial charge >= 0.3 is 6.18 Å². The van der Waals surface area contributed by atoms with E-state index in [1.165, 1.54) is 44.6 Å². The normalized spacial score (nSPS) is 42.6. The van der Waals surface area contributed by atoms with E-state index in [0.717, 1.165) is 29.7 Å². The van der Waals surface area contributed by atoms with Crippen molar-refractivity contribution in [1.29, 1.82) is 0 Å². The van der Waals surface area contributed by atoms with Crippen molar-refractivity contribution in [1.82, 2.24) is 0 Å². The molecule has 2 fully saturated rings. The van der Waals surface area contributed by atoms with Crippen molar-refractivity contribution in [3.8, 4) is 0 Å². The van der Waals surface area contributed by atoms with Gasteiger partial charge in [0.25, 0.3) is 0 Å². The van der Waals surface area contributed by atoms with E-state index in [9.17, 15) is 18.3 Å². The predicted molar refractivity (Wildman–Crippen MR) is 124 cm³/mol. The van der Waals surface area contributed by atoms with Crippen LogP contribution < -0.4 is 0 Å². The molecule has 0 saturated heterocycles. The van der Waals surface area contributed by atoms with E-state index in [4.69, 9.17) is 0 Å². The van der Waals surface area contributed by atoms with Gasteiger partial charge in [0.15, 0.2) is 5.60 Å². The standard InChI is InChI=1S/C28H43F3O/c1-18(2)7-6-8-19(3)22-11-12-23-21-10-9-20-17-27(32,28(29,30)31)16-15-25(20,4)24(21)13-14-26(22,23)5/h10,17-19,22-24,32H,6-9,11-16H2,1-5H3/t19-,22-,23+,24+,25+,26-,27+/m1/s1. The molecule has 1 nitrogen and oxygen atoms in total. The number of allylic oxidation sites excluding steroid dienone is 3. The molecule has 0 amide bonds. The second-order valence-corrected chi connectivity index (χ2v) is 12.6. The van der Waals surface area contributed by atoms with Crippen LogP contribution >= 0.6 is 0 Å². The van der Waals surface area contributed by atoms with Crippen LogP contribution in [-0.4, -0.2) is 16.9 Å². The first-order chi connectivity index (χ1) is 14.8. The highest BCUT2D eigenvalue weighted by Crippen LogP contribution is 2.67. The van der Waals surface area contributed by atoms with Gasteiger partial charge in [0.05, 0.1) is 0 Å². The number of rotatable bonds is 5. The fourth-order valence-corrected chi connectivity index (χ4v) is 8.27. The lowest BCUT2D eigenvalue weighted by atomic mass is 9.49. The number of alkyl halides is 3. The summed E-state index contributed by atoms with van der Waals surface area (Å²) >= 11 is 0. The highest BCUT2D eigenvalue weighted by molar-refractivity contribution is 5.38. The van der Waals surface area contributed by atoms with Crippen molar-refractivity contribution in [2.75, 3.05) is 0 Å². The molecule has 0 bridgehead atoms. The van der Waals surface area contributed by atoms with Crippen LogP contribution in [0.15, 0.2) is 23.3 Å². The Bertz CT molecular complexity index is 780. The van der Waals surface area contributed by atoms with E-state index in [1.54, 1.807) is 5.57 Å². The third-order valence-corrected chi connectivity index (χ3v) is 10.3. The van der Waals surface area contributed by atoms with E-state index in [-0.39, 0.29) is 11.8 Å². The van der Waals surface area contributed by atoms with Crippen LogP contribution in [0.25, 0.3) is 0 Å². The van der Waals surface area contributed by atoms with Gasteiger partial charge in [0, 0.05) is 0 Å². The van der Waals surface area contributed by atoms with Gasteiger partial charge in [-0.15, -0.1) is 0 Å². The second kappa shape index (κ2) is 8.17. The Morgan fingerprint density at radius 3 is 2.38 bits per heavy atom. The van der Waals surface area contributed by atoms with E-state index in [0.29, 0.717) is 30.1 Å². The molecule has 0 aromatic rings. The summed E-state index contributed by atoms with van der Waals surface area (Å²) in [6.07, 6.45) is 8.38. The first-order valence-electron chi connectivity index (χ1n) is 13.0. The van der Waals surface area contributed by atoms with Crippen LogP contribution in [-0.2, 0) is 0 Å². The Morgan fingerprint density at radius 2 is 1.72 bits per heavy atom. The van der Waals surface area contributed by atoms with Crippen molar-refractivity contribution in [3.63, 3.8) is 0 Å². The first-order valence-corrected chi connectivity index (χ1v) is 13.0. The lowest BCUT2D eigenvalue weighted by Gasteiger charge is -2.56. The van der Waals surface area contributed by atoms with Gasteiger partial charge in [-0.05, 0) is 91.4 Å². The Balaban J connectivity index is 1.56. The molecule has 7 atom stereocenters. The number of halogens is 3. The summed E-state index contributed by atoms with van der Waals surface area (Å²) in [4.78, 5) is 0. The van der Waals surface area contributed by atoms with Crippen LogP contribution in [0.4, 0.5) is 13.2 Å². The number of hydrogen-bond acceptors (Lipinski definition) is 1. The Labute approximate surface area is 192 Å². The Morgan fingerprint density at radius 1 is 1.00 bits per heavy atom. The highest BCUT2D eigenvalue weighted by Gasteiger charge is 2.60. The van der Waals surface area contributed by atoms with Crippen molar-refractivity contribution in [2.24, 2.45) is 40.4 Å². The molecule has 4 aliphatic carbocycles. The first kappa shape index (κ1) is 24.4. The molecule has 1 N–H and O–H groups in total. The van der Waals surface area contributed by atoms with Gasteiger partial charge in [0.1, 0.15) is 0 Å². The fraction of sp³-hybridized carbons (Fsp3) is 0.857. The third-order valence-electron chi connectivity index (χ3n) is 10.3. The molecule has 0 radical (unpaired) electrons. The van der Waals surface area contributed by atoms with Crippen LogP contribution in [0.1, 0.15) is 98.8 Å². The monoisotopic (exact) mass is 452 g/mol. The zero-order valence-electron chi connectivity index (χ0n) is 20.7. The lowest BCUT2D eigenvalue weighted by molar-refractivity contribution is -0.246. The van der Waals surface area contributed by atoms with E-state index in [1.807, 2.05) is 0 Å². The van der Waals surface area contributed by atoms with E-state index in [2.05, 4.69) is 40.7 Å². The van der Waals surface area contributed by atoms with Crippen LogP contribution in [0.5, 0.6) is 0 Å². The topological polar surface area (TPSA) is 20.2 Å². The maximum atomic E-state index is 13.5. The third kappa shape index (κ3) is 3.81. The second-order valence-electron chi connectivity index (χ2n) is 12.6. The van der Waals surface area contributed by atoms with Crippen LogP contribution in [0.2, 0.25) is 0 Å². The minimum Gasteiger partial charge on any atom is -0.377 e. The summed E-state index contributed by atoms with van der Waals surface area (Å²) in [5, 5.41) is 10.3. The summed E-state index contributed by atoms with van der Waals surface area (Å²) in [5.74, 6) is 3.19. The maximum absolute atomic E-state index is 13.5. The highest BCUT2D eigenvalue weighted by atomic mass is 19.4. The van der Waals surface area contributed by atoms with Gasteiger partial charge in [-0.3, -0.25) is 0 Å². The molecule has 0 heterocycles. The minimum atomic E-state index is -4.60. The summed E-state index contributed by atoms with van der Waals surface area (Å²) in [6, 6.07) is 0. The summed E-state index contributed by atoms with van der Waals surface area (Å²) in [7, 11) is 0. The zero-order chi connectivity index (χ0) is 23.5. The summed E-state index contributed by atoms with van der Waals surface area (Å²) in [5.41, 5.74) is -0.187. The predicted octanol–water partition coefficient (Wildman–Crippen LogP) is 8.24. The average molecular weight is 453 g/mol. The molecule has 0 aliphatic heterocycles. The number of hydrogen-bond donors (Lipinski definition) is 1. The molecule has 32 heavy (non-hydrogen) atoms. The Hall–Kier alpha value is -0.770. The summed E-state index contributed by atoms with van der Waals surface area (Å²) < 4.78 is 40.5. The number of fused-ring (bicyclic) bond motifs is 5. The fourth-order valence-electron chi connectivity index (χ4n) is 8.27. The van der Waals surface area contributed by atoms with Crippen molar-refractivity contribution in [2.45, 2.75) is 111 Å². The van der Waals surface area contributed by atoms with Gasteiger partial charge in [-0.25, -0.2) is 0 Å². The van der Waals surface area contributed by atoms with Crippen LogP contribution in [0.3, 0.4) is 0 Å². The molecule has 0 unspecified atom stereocenters. The molecule has 4 aliphatic rings. The van der Waals surface area contributed by atoms with Crippen molar-refractivity contribution in [3.05, 3.63) is 23.3 Å². The molecule has 182 valence electrons. The molecular formula is C28H43F3O. The van der Waals surface area contributed by atoms with Gasteiger partial charge in [-0.2, -0.15) is 13.2 Å².